The molecule has 3 N–H and O–H groups in total. The van der Waals surface area contributed by atoms with Gasteiger partial charge in [-0.3, -0.25) is 9.59 Å². The van der Waals surface area contributed by atoms with Crippen LogP contribution in [0.3, 0.4) is 0 Å². The first-order valence-corrected chi connectivity index (χ1v) is 11.2. The lowest BCUT2D eigenvalue weighted by atomic mass is 10.1. The van der Waals surface area contributed by atoms with E-state index in [4.69, 9.17) is 22.1 Å². The molecule has 4 aromatic rings. The Hall–Kier alpha value is -3.82. The minimum atomic E-state index is -0.678. The van der Waals surface area contributed by atoms with Gasteiger partial charge in [0.15, 0.2) is 5.13 Å². The molecule has 172 valence electrons. The first-order chi connectivity index (χ1) is 16.3. The van der Waals surface area contributed by atoms with E-state index in [9.17, 15) is 14.0 Å². The van der Waals surface area contributed by atoms with Crippen LogP contribution in [0.2, 0.25) is 5.02 Å². The van der Waals surface area contributed by atoms with E-state index in [-0.39, 0.29) is 40.4 Å². The van der Waals surface area contributed by atoms with E-state index in [1.165, 1.54) is 29.7 Å². The monoisotopic (exact) mass is 496 g/mol. The topological polar surface area (TPSA) is 107 Å². The Bertz CT molecular complexity index is 1390. The SMILES string of the molecule is Cc1sc(NC(=O)Cc2ccc(Oc3ncccc3C(N)=O)c(Cl)c2)nc1-c1ccccc1F. The zero-order valence-electron chi connectivity index (χ0n) is 17.8. The van der Waals surface area contributed by atoms with Crippen molar-refractivity contribution in [2.24, 2.45) is 5.73 Å². The third-order valence-corrected chi connectivity index (χ3v) is 5.96. The van der Waals surface area contributed by atoms with Gasteiger partial charge in [0.25, 0.3) is 5.91 Å². The van der Waals surface area contributed by atoms with Crippen molar-refractivity contribution in [2.75, 3.05) is 5.32 Å². The van der Waals surface area contributed by atoms with Crippen LogP contribution in [0, 0.1) is 12.7 Å². The molecule has 0 unspecified atom stereocenters. The zero-order valence-corrected chi connectivity index (χ0v) is 19.4. The number of carbonyl (C=O) groups is 2. The number of hydrogen-bond donors (Lipinski definition) is 2. The van der Waals surface area contributed by atoms with Crippen molar-refractivity contribution in [3.05, 3.63) is 87.6 Å². The van der Waals surface area contributed by atoms with Crippen LogP contribution in [0.25, 0.3) is 11.3 Å². The Kier molecular flexibility index (Phi) is 6.85. The molecule has 2 aromatic heterocycles. The van der Waals surface area contributed by atoms with Crippen LogP contribution in [0.5, 0.6) is 11.6 Å². The van der Waals surface area contributed by atoms with Gasteiger partial charge in [0.2, 0.25) is 11.8 Å². The van der Waals surface area contributed by atoms with Gasteiger partial charge in [0.1, 0.15) is 17.1 Å². The Labute approximate surface area is 203 Å². The fourth-order valence-corrected chi connectivity index (χ4v) is 4.29. The minimum Gasteiger partial charge on any atom is -0.437 e. The van der Waals surface area contributed by atoms with Gasteiger partial charge < -0.3 is 15.8 Å². The van der Waals surface area contributed by atoms with Crippen LogP contribution < -0.4 is 15.8 Å². The van der Waals surface area contributed by atoms with Crippen molar-refractivity contribution in [1.29, 1.82) is 0 Å². The number of ether oxygens (including phenoxy) is 1. The maximum atomic E-state index is 14.1. The number of benzene rings is 2. The number of pyridine rings is 1. The molecule has 34 heavy (non-hydrogen) atoms. The molecule has 0 bridgehead atoms. The molecule has 2 amide bonds. The number of nitrogens with two attached hydrogens (primary N) is 1. The molecule has 0 atom stereocenters. The van der Waals surface area contributed by atoms with E-state index in [2.05, 4.69) is 15.3 Å². The van der Waals surface area contributed by atoms with Gasteiger partial charge in [-0.05, 0) is 48.9 Å². The third-order valence-electron chi connectivity index (χ3n) is 4.78. The molecular weight excluding hydrogens is 479 g/mol. The molecule has 0 spiro atoms. The number of nitrogens with one attached hydrogen (secondary N) is 1. The van der Waals surface area contributed by atoms with Gasteiger partial charge in [0.05, 0.1) is 17.1 Å². The van der Waals surface area contributed by atoms with Crippen molar-refractivity contribution >= 4 is 39.9 Å². The number of aromatic nitrogens is 2. The fourth-order valence-electron chi connectivity index (χ4n) is 3.20. The predicted octanol–water partition coefficient (Wildman–Crippen LogP) is 5.38. The lowest BCUT2D eigenvalue weighted by molar-refractivity contribution is -0.115. The molecule has 2 heterocycles. The van der Waals surface area contributed by atoms with E-state index in [1.807, 2.05) is 6.92 Å². The molecular formula is C24H18ClFN4O3S. The third kappa shape index (κ3) is 5.22. The number of carbonyl (C=O) groups excluding carboxylic acids is 2. The summed E-state index contributed by atoms with van der Waals surface area (Å²) in [5, 5.41) is 3.36. The average molecular weight is 497 g/mol. The van der Waals surface area contributed by atoms with Crippen LogP contribution in [0.1, 0.15) is 20.8 Å². The lowest BCUT2D eigenvalue weighted by Crippen LogP contribution is -2.14. The second-order valence-corrected chi connectivity index (χ2v) is 8.83. The van der Waals surface area contributed by atoms with Gasteiger partial charge in [-0.2, -0.15) is 0 Å². The van der Waals surface area contributed by atoms with Crippen molar-refractivity contribution in [3.63, 3.8) is 0 Å². The zero-order chi connectivity index (χ0) is 24.2. The summed E-state index contributed by atoms with van der Waals surface area (Å²) < 4.78 is 19.8. The van der Waals surface area contributed by atoms with Crippen molar-refractivity contribution < 1.29 is 18.7 Å². The molecule has 7 nitrogen and oxygen atoms in total. The van der Waals surface area contributed by atoms with Crippen molar-refractivity contribution in [2.45, 2.75) is 13.3 Å². The summed E-state index contributed by atoms with van der Waals surface area (Å²) in [4.78, 5) is 33.3. The van der Waals surface area contributed by atoms with E-state index in [0.717, 1.165) is 4.88 Å². The Morgan fingerprint density at radius 2 is 1.97 bits per heavy atom. The highest BCUT2D eigenvalue weighted by Crippen LogP contribution is 2.33. The van der Waals surface area contributed by atoms with Crippen molar-refractivity contribution in [3.8, 4) is 22.9 Å². The number of primary amides is 1. The molecule has 0 aliphatic heterocycles. The molecule has 10 heteroatoms. The fraction of sp³-hybridized carbons (Fsp3) is 0.0833. The number of nitrogens with zero attached hydrogens (tertiary/aromatic N) is 2. The van der Waals surface area contributed by atoms with Crippen molar-refractivity contribution in [1.82, 2.24) is 9.97 Å². The first kappa shape index (κ1) is 23.3. The summed E-state index contributed by atoms with van der Waals surface area (Å²) in [7, 11) is 0. The van der Waals surface area contributed by atoms with E-state index in [1.54, 1.807) is 42.5 Å². The average Bonchev–Trinajstić information content (AvgIpc) is 3.15. The minimum absolute atomic E-state index is 0.0315. The number of halogens is 2. The quantitative estimate of drug-likeness (QED) is 0.357. The number of hydrogen-bond acceptors (Lipinski definition) is 6. The van der Waals surface area contributed by atoms with Crippen LogP contribution in [0.15, 0.2) is 60.8 Å². The van der Waals surface area contributed by atoms with E-state index >= 15 is 0 Å². The summed E-state index contributed by atoms with van der Waals surface area (Å²) in [5.74, 6) is -1.06. The first-order valence-electron chi connectivity index (χ1n) is 10.0. The van der Waals surface area contributed by atoms with Gasteiger partial charge in [0, 0.05) is 16.6 Å². The maximum absolute atomic E-state index is 14.1. The summed E-state index contributed by atoms with van der Waals surface area (Å²) in [5.41, 5.74) is 6.97. The number of amides is 2. The molecule has 0 fully saturated rings. The molecule has 0 saturated carbocycles. The molecule has 0 aliphatic carbocycles. The molecule has 0 saturated heterocycles. The maximum Gasteiger partial charge on any atom is 0.254 e. The summed E-state index contributed by atoms with van der Waals surface area (Å²) in [6.07, 6.45) is 1.50. The molecule has 4 rings (SSSR count). The molecule has 0 radical (unpaired) electrons. The number of thiazole rings is 1. The summed E-state index contributed by atoms with van der Waals surface area (Å²) in [6.45, 7) is 1.82. The lowest BCUT2D eigenvalue weighted by Gasteiger charge is -2.10. The number of aryl methyl sites for hydroxylation is 1. The second-order valence-electron chi connectivity index (χ2n) is 7.22. The molecule has 0 aliphatic rings. The second kappa shape index (κ2) is 9.98. The Morgan fingerprint density at radius 3 is 2.71 bits per heavy atom. The van der Waals surface area contributed by atoms with Crippen LogP contribution >= 0.6 is 22.9 Å². The highest BCUT2D eigenvalue weighted by Gasteiger charge is 2.16. The van der Waals surface area contributed by atoms with E-state index < -0.39 is 5.91 Å². The standard InChI is InChI=1S/C24H18ClFN4O3S/c1-13-21(15-5-2-3-7-18(15)26)30-24(34-13)29-20(31)12-14-8-9-19(17(25)11-14)33-23-16(22(27)32)6-4-10-28-23/h2-11H,12H2,1H3,(H2,27,32)(H,29,30,31). The predicted molar refractivity (Wildman–Crippen MR) is 129 cm³/mol. The Morgan fingerprint density at radius 1 is 1.18 bits per heavy atom. The Balaban J connectivity index is 1.45. The van der Waals surface area contributed by atoms with Gasteiger partial charge >= 0.3 is 0 Å². The molecule has 2 aromatic carbocycles. The number of anilines is 1. The summed E-state index contributed by atoms with van der Waals surface area (Å²) >= 11 is 7.58. The van der Waals surface area contributed by atoms with Gasteiger partial charge in [-0.15, -0.1) is 11.3 Å². The van der Waals surface area contributed by atoms with Crippen LogP contribution in [-0.4, -0.2) is 21.8 Å². The number of rotatable bonds is 7. The normalized spacial score (nSPS) is 10.7. The van der Waals surface area contributed by atoms with Crippen LogP contribution in [-0.2, 0) is 11.2 Å². The van der Waals surface area contributed by atoms with E-state index in [0.29, 0.717) is 22.0 Å². The van der Waals surface area contributed by atoms with Gasteiger partial charge in [-0.25, -0.2) is 14.4 Å². The summed E-state index contributed by atoms with van der Waals surface area (Å²) in [6, 6.07) is 14.3. The van der Waals surface area contributed by atoms with Crippen LogP contribution in [0.4, 0.5) is 9.52 Å². The largest absolute Gasteiger partial charge is 0.437 e. The smallest absolute Gasteiger partial charge is 0.254 e. The highest BCUT2D eigenvalue weighted by atomic mass is 35.5. The highest BCUT2D eigenvalue weighted by molar-refractivity contribution is 7.16. The van der Waals surface area contributed by atoms with Gasteiger partial charge in [-0.1, -0.05) is 29.8 Å².